The highest BCUT2D eigenvalue weighted by Crippen LogP contribution is 2.26. The molecule has 0 aliphatic heterocycles. The van der Waals surface area contributed by atoms with Crippen molar-refractivity contribution >= 4 is 11.9 Å². The van der Waals surface area contributed by atoms with Crippen molar-refractivity contribution in [1.29, 1.82) is 0 Å². The van der Waals surface area contributed by atoms with Crippen LogP contribution in [0.15, 0.2) is 24.3 Å². The summed E-state index contributed by atoms with van der Waals surface area (Å²) in [4.78, 5) is 23.4. The molecule has 0 amide bonds. The number of carbonyl (C=O) groups is 2. The number of benzene rings is 1. The number of hydrogen-bond acceptors (Lipinski definition) is 5. The van der Waals surface area contributed by atoms with E-state index in [-0.39, 0.29) is 11.3 Å². The predicted octanol–water partition coefficient (Wildman–Crippen LogP) is 0.972. The van der Waals surface area contributed by atoms with Crippen molar-refractivity contribution in [2.75, 3.05) is 0 Å². The zero-order valence-corrected chi connectivity index (χ0v) is 11.0. The minimum absolute atomic E-state index is 0.0470. The second-order valence-corrected chi connectivity index (χ2v) is 5.17. The monoisotopic (exact) mass is 267 g/mol. The van der Waals surface area contributed by atoms with Crippen LogP contribution in [0, 0.1) is 0 Å². The van der Waals surface area contributed by atoms with Gasteiger partial charge in [0.25, 0.3) is 0 Å². The summed E-state index contributed by atoms with van der Waals surface area (Å²) in [6.07, 6.45) is 0. The Bertz CT molecular complexity index is 506. The van der Waals surface area contributed by atoms with Gasteiger partial charge in [0, 0.05) is 0 Å². The molecule has 1 aromatic rings. The van der Waals surface area contributed by atoms with Crippen LogP contribution in [0.5, 0.6) is 5.75 Å². The smallest absolute Gasteiger partial charge is 0.343 e. The Morgan fingerprint density at radius 2 is 1.84 bits per heavy atom. The van der Waals surface area contributed by atoms with Crippen molar-refractivity contribution < 1.29 is 24.5 Å². The number of phenols is 1. The van der Waals surface area contributed by atoms with Crippen LogP contribution in [0.1, 0.15) is 26.3 Å². The van der Waals surface area contributed by atoms with Gasteiger partial charge in [-0.15, -0.1) is 0 Å². The molecule has 0 fully saturated rings. The van der Waals surface area contributed by atoms with E-state index in [0.29, 0.717) is 0 Å². The lowest BCUT2D eigenvalue weighted by atomic mass is 9.90. The fourth-order valence-electron chi connectivity index (χ4n) is 1.44. The lowest BCUT2D eigenvalue weighted by molar-refractivity contribution is -0.169. The average molecular weight is 267 g/mol. The third kappa shape index (κ3) is 3.23. The van der Waals surface area contributed by atoms with E-state index in [1.807, 2.05) is 0 Å². The van der Waals surface area contributed by atoms with Crippen LogP contribution in [-0.2, 0) is 19.9 Å². The molecule has 0 aromatic heterocycles. The Balaban J connectivity index is 3.25. The molecule has 6 nitrogen and oxygen atoms in total. The molecule has 4 N–H and O–H groups in total. The van der Waals surface area contributed by atoms with Gasteiger partial charge in [-0.3, -0.25) is 0 Å². The van der Waals surface area contributed by atoms with Gasteiger partial charge in [0.15, 0.2) is 0 Å². The van der Waals surface area contributed by atoms with E-state index in [1.165, 1.54) is 18.2 Å². The van der Waals surface area contributed by atoms with Gasteiger partial charge >= 0.3 is 11.9 Å². The molecule has 1 rings (SSSR count). The maximum Gasteiger partial charge on any atom is 0.343 e. The Morgan fingerprint density at radius 1 is 1.26 bits per heavy atom. The highest BCUT2D eigenvalue weighted by molar-refractivity contribution is 6.04. The van der Waals surface area contributed by atoms with E-state index in [9.17, 15) is 19.8 Å². The number of carboxylic acids is 1. The van der Waals surface area contributed by atoms with Crippen LogP contribution >= 0.6 is 0 Å². The maximum atomic E-state index is 12.0. The number of aromatic hydroxyl groups is 1. The summed E-state index contributed by atoms with van der Waals surface area (Å²) < 4.78 is 5.03. The van der Waals surface area contributed by atoms with Crippen molar-refractivity contribution in [3.8, 4) is 5.75 Å². The Labute approximate surface area is 110 Å². The number of rotatable bonds is 3. The zero-order chi connectivity index (χ0) is 14.8. The molecule has 0 saturated heterocycles. The summed E-state index contributed by atoms with van der Waals surface area (Å²) in [7, 11) is 0. The first-order valence-corrected chi connectivity index (χ1v) is 5.62. The van der Waals surface area contributed by atoms with Gasteiger partial charge in [0.05, 0.1) is 0 Å². The Hall–Kier alpha value is -2.08. The number of phenolic OH excluding ortho intramolecular Hbond substituents is 1. The number of carboxylic acid groups (broad SMARTS) is 1. The minimum Gasteiger partial charge on any atom is -0.508 e. The summed E-state index contributed by atoms with van der Waals surface area (Å²) in [5.74, 6) is -2.82. The van der Waals surface area contributed by atoms with E-state index in [1.54, 1.807) is 20.8 Å². The first kappa shape index (κ1) is 15.0. The number of hydrogen-bond donors (Lipinski definition) is 3. The lowest BCUT2D eigenvalue weighted by Crippen LogP contribution is -2.54. The first-order valence-electron chi connectivity index (χ1n) is 5.62. The number of esters is 1. The maximum absolute atomic E-state index is 12.0. The van der Waals surface area contributed by atoms with Gasteiger partial charge < -0.3 is 20.7 Å². The molecule has 0 unspecified atom stereocenters. The Morgan fingerprint density at radius 3 is 2.26 bits per heavy atom. The largest absolute Gasteiger partial charge is 0.508 e. The van der Waals surface area contributed by atoms with Crippen molar-refractivity contribution in [3.05, 3.63) is 29.8 Å². The molecule has 1 aromatic carbocycles. The summed E-state index contributed by atoms with van der Waals surface area (Å²) in [5.41, 5.74) is 2.43. The third-order valence-corrected chi connectivity index (χ3v) is 2.36. The second-order valence-electron chi connectivity index (χ2n) is 5.17. The van der Waals surface area contributed by atoms with Gasteiger partial charge in [-0.25, -0.2) is 9.59 Å². The Kier molecular flexibility index (Phi) is 3.86. The number of nitrogens with two attached hydrogens (primary N) is 1. The van der Waals surface area contributed by atoms with Crippen LogP contribution in [-0.4, -0.2) is 27.8 Å². The molecular weight excluding hydrogens is 250 g/mol. The van der Waals surface area contributed by atoms with Gasteiger partial charge in [0.1, 0.15) is 11.4 Å². The first-order chi connectivity index (χ1) is 8.57. The molecule has 0 saturated carbocycles. The van der Waals surface area contributed by atoms with E-state index in [0.717, 1.165) is 6.07 Å². The molecular formula is C13H17NO5. The zero-order valence-electron chi connectivity index (χ0n) is 11.0. The second kappa shape index (κ2) is 4.89. The van der Waals surface area contributed by atoms with E-state index < -0.39 is 23.1 Å². The van der Waals surface area contributed by atoms with E-state index in [2.05, 4.69) is 0 Å². The van der Waals surface area contributed by atoms with Gasteiger partial charge in [-0.2, -0.15) is 0 Å². The lowest BCUT2D eigenvalue weighted by Gasteiger charge is -2.28. The molecule has 0 spiro atoms. The van der Waals surface area contributed by atoms with Crippen LogP contribution in [0.3, 0.4) is 0 Å². The third-order valence-electron chi connectivity index (χ3n) is 2.36. The number of aliphatic carboxylic acids is 1. The van der Waals surface area contributed by atoms with Crippen LogP contribution in [0.4, 0.5) is 0 Å². The highest BCUT2D eigenvalue weighted by atomic mass is 16.6. The predicted molar refractivity (Wildman–Crippen MR) is 67.5 cm³/mol. The summed E-state index contributed by atoms with van der Waals surface area (Å²) >= 11 is 0. The summed E-state index contributed by atoms with van der Waals surface area (Å²) in [6, 6.07) is 5.22. The topological polar surface area (TPSA) is 110 Å². The standard InChI is InChI=1S/C13H17NO5/c1-12(2,3)19-11(18)13(14,10(16)17)8-5-4-6-9(15)7-8/h4-7,15H,14H2,1-3H3,(H,16,17)/t13-/m0/s1. The quantitative estimate of drug-likeness (QED) is 0.556. The minimum atomic E-state index is -2.36. The van der Waals surface area contributed by atoms with Crippen molar-refractivity contribution in [2.45, 2.75) is 31.9 Å². The molecule has 1 atom stereocenters. The highest BCUT2D eigenvalue weighted by Gasteiger charge is 2.47. The molecule has 0 heterocycles. The van der Waals surface area contributed by atoms with Gasteiger partial charge in [0.2, 0.25) is 5.54 Å². The SMILES string of the molecule is CC(C)(C)OC(=O)[C@@](N)(C(=O)O)c1cccc(O)c1. The average Bonchev–Trinajstić information content (AvgIpc) is 2.25. The molecule has 0 aliphatic carbocycles. The van der Waals surface area contributed by atoms with Crippen LogP contribution < -0.4 is 5.73 Å². The fourth-order valence-corrected chi connectivity index (χ4v) is 1.44. The van der Waals surface area contributed by atoms with Crippen molar-refractivity contribution in [3.63, 3.8) is 0 Å². The van der Waals surface area contributed by atoms with Crippen LogP contribution in [0.25, 0.3) is 0 Å². The number of carbonyl (C=O) groups excluding carboxylic acids is 1. The number of ether oxygens (including phenoxy) is 1. The molecule has 0 bridgehead atoms. The fraction of sp³-hybridized carbons (Fsp3) is 0.385. The summed E-state index contributed by atoms with van der Waals surface area (Å²) in [5, 5.41) is 18.6. The normalized spacial score (nSPS) is 14.5. The summed E-state index contributed by atoms with van der Waals surface area (Å²) in [6.45, 7) is 4.82. The van der Waals surface area contributed by atoms with Crippen molar-refractivity contribution in [1.82, 2.24) is 0 Å². The van der Waals surface area contributed by atoms with Gasteiger partial charge in [-0.1, -0.05) is 12.1 Å². The molecule has 0 aliphatic rings. The molecule has 104 valence electrons. The molecule has 19 heavy (non-hydrogen) atoms. The van der Waals surface area contributed by atoms with Crippen LogP contribution in [0.2, 0.25) is 0 Å². The van der Waals surface area contributed by atoms with E-state index in [4.69, 9.17) is 10.5 Å². The van der Waals surface area contributed by atoms with Gasteiger partial charge in [-0.05, 0) is 38.5 Å². The molecule has 0 radical (unpaired) electrons. The molecule has 6 heteroatoms. The van der Waals surface area contributed by atoms with Crippen molar-refractivity contribution in [2.24, 2.45) is 5.73 Å². The van der Waals surface area contributed by atoms with E-state index >= 15 is 0 Å².